The fourth-order valence-electron chi connectivity index (χ4n) is 1.87. The first kappa shape index (κ1) is 13.6. The zero-order valence-corrected chi connectivity index (χ0v) is 12.4. The summed E-state index contributed by atoms with van der Waals surface area (Å²) in [5.74, 6) is -0.156. The van der Waals surface area contributed by atoms with Gasteiger partial charge in [0.05, 0.1) is 5.69 Å². The SMILES string of the molecule is Cc1cc(C)c(C(=O)Nc2ccccc2Br)cc1N. The van der Waals surface area contributed by atoms with E-state index in [4.69, 9.17) is 5.73 Å². The molecule has 0 spiro atoms. The van der Waals surface area contributed by atoms with E-state index in [1.165, 1.54) is 0 Å². The molecule has 0 unspecified atom stereocenters. The number of hydrogen-bond acceptors (Lipinski definition) is 2. The van der Waals surface area contributed by atoms with Gasteiger partial charge in [0.2, 0.25) is 0 Å². The topological polar surface area (TPSA) is 55.1 Å². The number of nitrogen functional groups attached to an aromatic ring is 1. The van der Waals surface area contributed by atoms with Crippen molar-refractivity contribution in [3.05, 3.63) is 57.6 Å². The maximum absolute atomic E-state index is 12.3. The van der Waals surface area contributed by atoms with Crippen LogP contribution in [0.25, 0.3) is 0 Å². The molecule has 2 rings (SSSR count). The predicted octanol–water partition coefficient (Wildman–Crippen LogP) is 3.90. The highest BCUT2D eigenvalue weighted by Gasteiger charge is 2.12. The maximum Gasteiger partial charge on any atom is 0.256 e. The summed E-state index contributed by atoms with van der Waals surface area (Å²) in [4.78, 5) is 12.3. The average molecular weight is 319 g/mol. The van der Waals surface area contributed by atoms with E-state index in [9.17, 15) is 4.79 Å². The van der Waals surface area contributed by atoms with E-state index in [0.29, 0.717) is 11.3 Å². The normalized spacial score (nSPS) is 10.3. The Kier molecular flexibility index (Phi) is 3.90. The fraction of sp³-hybridized carbons (Fsp3) is 0.133. The molecule has 0 radical (unpaired) electrons. The molecule has 2 aromatic carbocycles. The van der Waals surface area contributed by atoms with Gasteiger partial charge < -0.3 is 11.1 Å². The molecule has 0 aromatic heterocycles. The van der Waals surface area contributed by atoms with Crippen molar-refractivity contribution in [2.75, 3.05) is 11.1 Å². The summed E-state index contributed by atoms with van der Waals surface area (Å²) in [5, 5.41) is 2.87. The van der Waals surface area contributed by atoms with Gasteiger partial charge in [-0.3, -0.25) is 4.79 Å². The lowest BCUT2D eigenvalue weighted by Gasteiger charge is -2.11. The summed E-state index contributed by atoms with van der Waals surface area (Å²) in [6.07, 6.45) is 0. The van der Waals surface area contributed by atoms with Gasteiger partial charge in [0.15, 0.2) is 0 Å². The highest BCUT2D eigenvalue weighted by Crippen LogP contribution is 2.23. The number of benzene rings is 2. The van der Waals surface area contributed by atoms with Crippen LogP contribution in [0, 0.1) is 13.8 Å². The number of carbonyl (C=O) groups is 1. The smallest absolute Gasteiger partial charge is 0.256 e. The molecule has 3 N–H and O–H groups in total. The average Bonchev–Trinajstić information content (AvgIpc) is 2.36. The van der Waals surface area contributed by atoms with Crippen LogP contribution >= 0.6 is 15.9 Å². The van der Waals surface area contributed by atoms with E-state index in [-0.39, 0.29) is 5.91 Å². The standard InChI is InChI=1S/C15H15BrN2O/c1-9-7-10(2)13(17)8-11(9)15(19)18-14-6-4-3-5-12(14)16/h3-8H,17H2,1-2H3,(H,18,19). The predicted molar refractivity (Wildman–Crippen MR) is 82.4 cm³/mol. The van der Waals surface area contributed by atoms with E-state index >= 15 is 0 Å². The van der Waals surface area contributed by atoms with Crippen molar-refractivity contribution < 1.29 is 4.79 Å². The number of para-hydroxylation sites is 1. The summed E-state index contributed by atoms with van der Waals surface area (Å²) in [7, 11) is 0. The van der Waals surface area contributed by atoms with E-state index in [0.717, 1.165) is 21.3 Å². The van der Waals surface area contributed by atoms with Crippen LogP contribution < -0.4 is 11.1 Å². The summed E-state index contributed by atoms with van der Waals surface area (Å²) in [6.45, 7) is 3.83. The van der Waals surface area contributed by atoms with Crippen LogP contribution in [0.1, 0.15) is 21.5 Å². The van der Waals surface area contributed by atoms with Crippen LogP contribution in [-0.4, -0.2) is 5.91 Å². The van der Waals surface area contributed by atoms with Crippen LogP contribution in [-0.2, 0) is 0 Å². The summed E-state index contributed by atoms with van der Waals surface area (Å²) in [6, 6.07) is 11.1. The van der Waals surface area contributed by atoms with Crippen LogP contribution in [0.5, 0.6) is 0 Å². The minimum atomic E-state index is -0.156. The van der Waals surface area contributed by atoms with Crippen LogP contribution in [0.4, 0.5) is 11.4 Å². The molecule has 0 aliphatic heterocycles. The molecule has 98 valence electrons. The lowest BCUT2D eigenvalue weighted by molar-refractivity contribution is 0.102. The van der Waals surface area contributed by atoms with E-state index in [1.54, 1.807) is 6.07 Å². The second-order valence-corrected chi connectivity index (χ2v) is 5.31. The molecular weight excluding hydrogens is 304 g/mol. The number of amides is 1. The number of aryl methyl sites for hydroxylation is 2. The van der Waals surface area contributed by atoms with E-state index < -0.39 is 0 Å². The molecule has 0 aliphatic carbocycles. The minimum Gasteiger partial charge on any atom is -0.398 e. The third-order valence-electron chi connectivity index (χ3n) is 2.98. The number of anilines is 2. The Morgan fingerprint density at radius 2 is 1.84 bits per heavy atom. The molecule has 0 atom stereocenters. The van der Waals surface area contributed by atoms with Crippen molar-refractivity contribution in [1.29, 1.82) is 0 Å². The highest BCUT2D eigenvalue weighted by atomic mass is 79.9. The Hall–Kier alpha value is -1.81. The number of nitrogens with one attached hydrogen (secondary N) is 1. The van der Waals surface area contributed by atoms with Gasteiger partial charge >= 0.3 is 0 Å². The molecule has 1 amide bonds. The number of nitrogens with two attached hydrogens (primary N) is 1. The van der Waals surface area contributed by atoms with Gasteiger partial charge in [-0.05, 0) is 59.1 Å². The van der Waals surface area contributed by atoms with Crippen molar-refractivity contribution in [2.24, 2.45) is 0 Å². The largest absolute Gasteiger partial charge is 0.398 e. The van der Waals surface area contributed by atoms with Gasteiger partial charge in [0.25, 0.3) is 5.91 Å². The molecule has 19 heavy (non-hydrogen) atoms. The zero-order chi connectivity index (χ0) is 14.0. The van der Waals surface area contributed by atoms with Crippen LogP contribution in [0.15, 0.2) is 40.9 Å². The van der Waals surface area contributed by atoms with Crippen molar-refractivity contribution in [3.8, 4) is 0 Å². The van der Waals surface area contributed by atoms with Crippen molar-refractivity contribution in [2.45, 2.75) is 13.8 Å². The third-order valence-corrected chi connectivity index (χ3v) is 3.67. The van der Waals surface area contributed by atoms with Gasteiger partial charge in [-0.25, -0.2) is 0 Å². The highest BCUT2D eigenvalue weighted by molar-refractivity contribution is 9.10. The maximum atomic E-state index is 12.3. The molecule has 0 saturated carbocycles. The monoisotopic (exact) mass is 318 g/mol. The summed E-state index contributed by atoms with van der Waals surface area (Å²) >= 11 is 3.40. The number of carbonyl (C=O) groups excluding carboxylic acids is 1. The fourth-order valence-corrected chi connectivity index (χ4v) is 2.25. The Balaban J connectivity index is 2.31. The van der Waals surface area contributed by atoms with E-state index in [2.05, 4.69) is 21.2 Å². The molecule has 4 heteroatoms. The minimum absolute atomic E-state index is 0.156. The molecule has 0 saturated heterocycles. The van der Waals surface area contributed by atoms with Gasteiger partial charge in [-0.15, -0.1) is 0 Å². The number of halogens is 1. The van der Waals surface area contributed by atoms with Crippen molar-refractivity contribution in [1.82, 2.24) is 0 Å². The molecule has 0 heterocycles. The summed E-state index contributed by atoms with van der Waals surface area (Å²) in [5.41, 5.74) is 9.72. The number of rotatable bonds is 2. The van der Waals surface area contributed by atoms with Gasteiger partial charge in [0.1, 0.15) is 0 Å². The molecule has 0 bridgehead atoms. The van der Waals surface area contributed by atoms with Gasteiger partial charge in [-0.2, -0.15) is 0 Å². The first-order valence-electron chi connectivity index (χ1n) is 5.91. The molecular formula is C15H15BrN2O. The Morgan fingerprint density at radius 1 is 1.16 bits per heavy atom. The molecule has 2 aromatic rings. The first-order chi connectivity index (χ1) is 8.99. The second-order valence-electron chi connectivity index (χ2n) is 4.46. The Morgan fingerprint density at radius 3 is 2.53 bits per heavy atom. The zero-order valence-electron chi connectivity index (χ0n) is 10.8. The summed E-state index contributed by atoms with van der Waals surface area (Å²) < 4.78 is 0.848. The lowest BCUT2D eigenvalue weighted by Crippen LogP contribution is -2.14. The lowest BCUT2D eigenvalue weighted by atomic mass is 10.0. The van der Waals surface area contributed by atoms with Gasteiger partial charge in [-0.1, -0.05) is 18.2 Å². The van der Waals surface area contributed by atoms with Gasteiger partial charge in [0, 0.05) is 15.7 Å². The van der Waals surface area contributed by atoms with Crippen LogP contribution in [0.3, 0.4) is 0 Å². The van der Waals surface area contributed by atoms with Crippen LogP contribution in [0.2, 0.25) is 0 Å². The molecule has 3 nitrogen and oxygen atoms in total. The third kappa shape index (κ3) is 2.96. The first-order valence-corrected chi connectivity index (χ1v) is 6.71. The van der Waals surface area contributed by atoms with Crippen molar-refractivity contribution >= 4 is 33.2 Å². The second kappa shape index (κ2) is 5.45. The number of hydrogen-bond donors (Lipinski definition) is 2. The Bertz CT molecular complexity index is 638. The molecule has 0 aliphatic rings. The quantitative estimate of drug-likeness (QED) is 0.825. The Labute approximate surface area is 121 Å². The molecule has 0 fully saturated rings. The van der Waals surface area contributed by atoms with E-state index in [1.807, 2.05) is 44.2 Å². The van der Waals surface area contributed by atoms with Crippen molar-refractivity contribution in [3.63, 3.8) is 0 Å².